The van der Waals surface area contributed by atoms with E-state index in [2.05, 4.69) is 6.92 Å². The smallest absolute Gasteiger partial charge is 0.0573 e. The molecule has 2 fully saturated rings. The van der Waals surface area contributed by atoms with Crippen LogP contribution in [0.25, 0.3) is 0 Å². The predicted molar refractivity (Wildman–Crippen MR) is 36.0 cm³/mol. The Morgan fingerprint density at radius 2 is 2.11 bits per heavy atom. The lowest BCUT2D eigenvalue weighted by Gasteiger charge is -2.14. The van der Waals surface area contributed by atoms with Crippen molar-refractivity contribution in [2.24, 2.45) is 17.8 Å². The first kappa shape index (κ1) is 5.72. The minimum absolute atomic E-state index is 0.0544. The Kier molecular flexibility index (Phi) is 1.10. The van der Waals surface area contributed by atoms with Crippen molar-refractivity contribution in [2.45, 2.75) is 32.3 Å². The Labute approximate surface area is 56.1 Å². The lowest BCUT2D eigenvalue weighted by Crippen LogP contribution is -2.16. The van der Waals surface area contributed by atoms with Crippen LogP contribution >= 0.6 is 0 Å². The molecule has 0 aromatic carbocycles. The van der Waals surface area contributed by atoms with Crippen molar-refractivity contribution in [1.29, 1.82) is 0 Å². The fraction of sp³-hybridized carbons (Fsp3) is 1.00. The molecule has 0 heterocycles. The Morgan fingerprint density at radius 1 is 1.33 bits per heavy atom. The SMILES string of the molecule is C[C@H]1C2CCC1C(O)C2. The van der Waals surface area contributed by atoms with Gasteiger partial charge in [0.2, 0.25) is 0 Å². The van der Waals surface area contributed by atoms with Crippen molar-refractivity contribution in [3.63, 3.8) is 0 Å². The number of rotatable bonds is 0. The molecule has 4 atom stereocenters. The third-order valence-electron chi connectivity index (χ3n) is 3.33. The molecule has 0 aromatic heterocycles. The zero-order valence-electron chi connectivity index (χ0n) is 5.88. The van der Waals surface area contributed by atoms with E-state index < -0.39 is 0 Å². The summed E-state index contributed by atoms with van der Waals surface area (Å²) in [6.07, 6.45) is 3.81. The summed E-state index contributed by atoms with van der Waals surface area (Å²) >= 11 is 0. The van der Waals surface area contributed by atoms with E-state index in [0.29, 0.717) is 5.92 Å². The number of aliphatic hydroxyl groups is 1. The van der Waals surface area contributed by atoms with Gasteiger partial charge in [-0.15, -0.1) is 0 Å². The van der Waals surface area contributed by atoms with Crippen molar-refractivity contribution >= 4 is 0 Å². The molecule has 0 saturated heterocycles. The van der Waals surface area contributed by atoms with Crippen LogP contribution in [0.5, 0.6) is 0 Å². The highest BCUT2D eigenvalue weighted by atomic mass is 16.3. The van der Waals surface area contributed by atoms with Crippen LogP contribution in [0.4, 0.5) is 0 Å². The van der Waals surface area contributed by atoms with Crippen molar-refractivity contribution in [2.75, 3.05) is 0 Å². The lowest BCUT2D eigenvalue weighted by molar-refractivity contribution is 0.108. The molecule has 52 valence electrons. The van der Waals surface area contributed by atoms with Gasteiger partial charge in [0, 0.05) is 0 Å². The maximum absolute atomic E-state index is 9.39. The Balaban J connectivity index is 2.16. The fourth-order valence-corrected chi connectivity index (χ4v) is 2.64. The average molecular weight is 126 g/mol. The molecule has 0 aliphatic heterocycles. The number of aliphatic hydroxyl groups excluding tert-OH is 1. The molecular weight excluding hydrogens is 112 g/mol. The van der Waals surface area contributed by atoms with Gasteiger partial charge in [0.15, 0.2) is 0 Å². The van der Waals surface area contributed by atoms with Crippen LogP contribution in [0.15, 0.2) is 0 Å². The Morgan fingerprint density at radius 3 is 2.33 bits per heavy atom. The van der Waals surface area contributed by atoms with Gasteiger partial charge in [0.05, 0.1) is 6.10 Å². The summed E-state index contributed by atoms with van der Waals surface area (Å²) in [5.74, 6) is 2.35. The first-order valence-electron chi connectivity index (χ1n) is 3.97. The molecule has 2 bridgehead atoms. The van der Waals surface area contributed by atoms with E-state index in [1.165, 1.54) is 12.8 Å². The van der Waals surface area contributed by atoms with Gasteiger partial charge in [0.25, 0.3) is 0 Å². The van der Waals surface area contributed by atoms with Gasteiger partial charge in [-0.1, -0.05) is 6.92 Å². The zero-order chi connectivity index (χ0) is 6.43. The van der Waals surface area contributed by atoms with E-state index in [4.69, 9.17) is 0 Å². The molecule has 1 N–H and O–H groups in total. The topological polar surface area (TPSA) is 20.2 Å². The first-order valence-corrected chi connectivity index (χ1v) is 3.97. The predicted octanol–water partition coefficient (Wildman–Crippen LogP) is 1.41. The van der Waals surface area contributed by atoms with E-state index >= 15 is 0 Å². The number of fused-ring (bicyclic) bond motifs is 2. The minimum Gasteiger partial charge on any atom is -0.393 e. The second kappa shape index (κ2) is 1.72. The quantitative estimate of drug-likeness (QED) is 0.520. The van der Waals surface area contributed by atoms with Gasteiger partial charge in [-0.3, -0.25) is 0 Å². The van der Waals surface area contributed by atoms with Crippen molar-refractivity contribution in [3.8, 4) is 0 Å². The van der Waals surface area contributed by atoms with E-state index in [1.54, 1.807) is 0 Å². The summed E-state index contributed by atoms with van der Waals surface area (Å²) in [7, 11) is 0. The van der Waals surface area contributed by atoms with Crippen LogP contribution < -0.4 is 0 Å². The largest absolute Gasteiger partial charge is 0.393 e. The molecule has 2 saturated carbocycles. The van der Waals surface area contributed by atoms with Crippen LogP contribution in [0.3, 0.4) is 0 Å². The lowest BCUT2D eigenvalue weighted by atomic mass is 9.98. The summed E-state index contributed by atoms with van der Waals surface area (Å²) in [5, 5.41) is 9.39. The van der Waals surface area contributed by atoms with Gasteiger partial charge in [-0.2, -0.15) is 0 Å². The van der Waals surface area contributed by atoms with Gasteiger partial charge in [-0.25, -0.2) is 0 Å². The summed E-state index contributed by atoms with van der Waals surface area (Å²) in [6, 6.07) is 0. The molecule has 0 radical (unpaired) electrons. The Bertz CT molecular complexity index is 122. The monoisotopic (exact) mass is 126 g/mol. The fourth-order valence-electron chi connectivity index (χ4n) is 2.64. The molecular formula is C8H14O. The van der Waals surface area contributed by atoms with Crippen LogP contribution in [-0.4, -0.2) is 11.2 Å². The van der Waals surface area contributed by atoms with Crippen molar-refractivity contribution in [3.05, 3.63) is 0 Å². The van der Waals surface area contributed by atoms with Crippen molar-refractivity contribution in [1.82, 2.24) is 0 Å². The van der Waals surface area contributed by atoms with E-state index in [-0.39, 0.29) is 6.10 Å². The first-order chi connectivity index (χ1) is 4.29. The highest BCUT2D eigenvalue weighted by Gasteiger charge is 2.44. The summed E-state index contributed by atoms with van der Waals surface area (Å²) in [4.78, 5) is 0. The number of hydrogen-bond acceptors (Lipinski definition) is 1. The number of hydrogen-bond donors (Lipinski definition) is 1. The van der Waals surface area contributed by atoms with Crippen molar-refractivity contribution < 1.29 is 5.11 Å². The second-order valence-corrected chi connectivity index (χ2v) is 3.66. The summed E-state index contributed by atoms with van der Waals surface area (Å²) in [5.41, 5.74) is 0. The molecule has 2 rings (SSSR count). The maximum atomic E-state index is 9.39. The van der Waals surface area contributed by atoms with Crippen LogP contribution in [0, 0.1) is 17.8 Å². The molecule has 2 aliphatic rings. The van der Waals surface area contributed by atoms with E-state index in [9.17, 15) is 5.11 Å². The normalized spacial score (nSPS) is 56.7. The standard InChI is InChI=1S/C8H14O/c1-5-6-2-3-7(5)8(9)4-6/h5-9H,2-4H2,1H3/t5-,6?,7?,8?/m0/s1. The third-order valence-corrected chi connectivity index (χ3v) is 3.33. The molecule has 1 nitrogen and oxygen atoms in total. The molecule has 9 heavy (non-hydrogen) atoms. The highest BCUT2D eigenvalue weighted by molar-refractivity contribution is 4.94. The van der Waals surface area contributed by atoms with Crippen LogP contribution in [0.1, 0.15) is 26.2 Å². The van der Waals surface area contributed by atoms with E-state index in [1.807, 2.05) is 0 Å². The van der Waals surface area contributed by atoms with Crippen LogP contribution in [-0.2, 0) is 0 Å². The minimum atomic E-state index is 0.0544. The molecule has 3 unspecified atom stereocenters. The molecule has 0 spiro atoms. The van der Waals surface area contributed by atoms with Crippen LogP contribution in [0.2, 0.25) is 0 Å². The van der Waals surface area contributed by atoms with Gasteiger partial charge in [0.1, 0.15) is 0 Å². The molecule has 0 aromatic rings. The molecule has 2 aliphatic carbocycles. The van der Waals surface area contributed by atoms with Gasteiger partial charge in [-0.05, 0) is 37.0 Å². The third kappa shape index (κ3) is 0.644. The van der Waals surface area contributed by atoms with Gasteiger partial charge < -0.3 is 5.11 Å². The molecule has 1 heteroatoms. The molecule has 0 amide bonds. The highest BCUT2D eigenvalue weighted by Crippen LogP contribution is 2.48. The van der Waals surface area contributed by atoms with Gasteiger partial charge >= 0.3 is 0 Å². The zero-order valence-corrected chi connectivity index (χ0v) is 5.88. The average Bonchev–Trinajstić information content (AvgIpc) is 2.25. The summed E-state index contributed by atoms with van der Waals surface area (Å²) < 4.78 is 0. The second-order valence-electron chi connectivity index (χ2n) is 3.66. The van der Waals surface area contributed by atoms with E-state index in [0.717, 1.165) is 18.3 Å². The summed E-state index contributed by atoms with van der Waals surface area (Å²) in [6.45, 7) is 2.29. The maximum Gasteiger partial charge on any atom is 0.0573 e. The Hall–Kier alpha value is -0.0400.